The predicted octanol–water partition coefficient (Wildman–Crippen LogP) is 1.36. The largest absolute Gasteiger partial charge is 0.469 e. The summed E-state index contributed by atoms with van der Waals surface area (Å²) in [6.45, 7) is 0. The van der Waals surface area contributed by atoms with E-state index in [9.17, 15) is 18.8 Å². The van der Waals surface area contributed by atoms with E-state index < -0.39 is 17.3 Å². The lowest BCUT2D eigenvalue weighted by Crippen LogP contribution is -2.17. The van der Waals surface area contributed by atoms with Crippen LogP contribution in [0.5, 0.6) is 0 Å². The summed E-state index contributed by atoms with van der Waals surface area (Å²) in [5.41, 5.74) is 0.150. The first kappa shape index (κ1) is 17.7. The quantitative estimate of drug-likeness (QED) is 0.463. The molecule has 1 aromatic carbocycles. The van der Waals surface area contributed by atoms with Crippen molar-refractivity contribution in [1.82, 2.24) is 9.97 Å². The number of ether oxygens (including phenoxy) is 1. The number of nitrogens with one attached hydrogen (secondary N) is 2. The molecule has 0 unspecified atom stereocenters. The lowest BCUT2D eigenvalue weighted by atomic mass is 10.3. The molecule has 1 aromatic heterocycles. The molecule has 1 heterocycles. The molecule has 9 heteroatoms. The Kier molecular flexibility index (Phi) is 6.07. The van der Waals surface area contributed by atoms with E-state index in [4.69, 9.17) is 0 Å². The van der Waals surface area contributed by atoms with Gasteiger partial charge in [0.1, 0.15) is 5.82 Å². The van der Waals surface area contributed by atoms with Crippen molar-refractivity contribution in [2.75, 3.05) is 18.2 Å². The summed E-state index contributed by atoms with van der Waals surface area (Å²) in [6.07, 6.45) is -0.135. The van der Waals surface area contributed by atoms with Crippen molar-refractivity contribution in [2.24, 2.45) is 0 Å². The minimum Gasteiger partial charge on any atom is -0.469 e. The molecule has 7 nitrogen and oxygen atoms in total. The molecule has 0 fully saturated rings. The van der Waals surface area contributed by atoms with E-state index in [0.717, 1.165) is 11.8 Å². The Morgan fingerprint density at radius 2 is 2.17 bits per heavy atom. The Hall–Kier alpha value is -2.68. The summed E-state index contributed by atoms with van der Waals surface area (Å²) in [5, 5.41) is 2.73. The lowest BCUT2D eigenvalue weighted by molar-refractivity contribution is -0.139. The van der Waals surface area contributed by atoms with Crippen LogP contribution in [0, 0.1) is 5.82 Å². The van der Waals surface area contributed by atoms with Crippen LogP contribution in [-0.2, 0) is 20.7 Å². The molecule has 0 bridgehead atoms. The second kappa shape index (κ2) is 8.25. The van der Waals surface area contributed by atoms with Crippen molar-refractivity contribution in [2.45, 2.75) is 11.6 Å². The van der Waals surface area contributed by atoms with Crippen molar-refractivity contribution < 1.29 is 18.7 Å². The molecule has 2 rings (SSSR count). The third-order valence-electron chi connectivity index (χ3n) is 2.77. The molecule has 2 N–H and O–H groups in total. The SMILES string of the molecule is COC(=O)Cc1cc(=O)[nH]c(SCC(=O)Nc2cccc(F)c2)n1. The Morgan fingerprint density at radius 1 is 1.38 bits per heavy atom. The van der Waals surface area contributed by atoms with Crippen molar-refractivity contribution in [3.05, 3.63) is 52.2 Å². The first-order valence-electron chi connectivity index (χ1n) is 6.81. The number of carbonyl (C=O) groups excluding carboxylic acids is 2. The maximum Gasteiger partial charge on any atom is 0.311 e. The van der Waals surface area contributed by atoms with Gasteiger partial charge in [-0.3, -0.25) is 14.4 Å². The highest BCUT2D eigenvalue weighted by molar-refractivity contribution is 7.99. The predicted molar refractivity (Wildman–Crippen MR) is 86.3 cm³/mol. The van der Waals surface area contributed by atoms with Crippen molar-refractivity contribution in [1.29, 1.82) is 0 Å². The monoisotopic (exact) mass is 351 g/mol. The highest BCUT2D eigenvalue weighted by atomic mass is 32.2. The zero-order valence-corrected chi connectivity index (χ0v) is 13.5. The Bertz CT molecular complexity index is 809. The number of benzene rings is 1. The van der Waals surface area contributed by atoms with Gasteiger partial charge in [-0.15, -0.1) is 0 Å². The zero-order valence-electron chi connectivity index (χ0n) is 12.7. The van der Waals surface area contributed by atoms with Crippen LogP contribution in [0.3, 0.4) is 0 Å². The summed E-state index contributed by atoms with van der Waals surface area (Å²) in [6, 6.07) is 6.69. The average molecular weight is 351 g/mol. The molecular weight excluding hydrogens is 337 g/mol. The fourth-order valence-electron chi connectivity index (χ4n) is 1.76. The van der Waals surface area contributed by atoms with E-state index in [0.29, 0.717) is 5.69 Å². The molecule has 2 aromatic rings. The summed E-state index contributed by atoms with van der Waals surface area (Å²) in [7, 11) is 1.24. The van der Waals surface area contributed by atoms with Gasteiger partial charge in [-0.1, -0.05) is 17.8 Å². The molecule has 126 valence electrons. The highest BCUT2D eigenvalue weighted by Gasteiger charge is 2.10. The number of hydrogen-bond donors (Lipinski definition) is 2. The van der Waals surface area contributed by atoms with Gasteiger partial charge in [0.05, 0.1) is 25.0 Å². The molecule has 24 heavy (non-hydrogen) atoms. The van der Waals surface area contributed by atoms with Gasteiger partial charge in [0.15, 0.2) is 5.16 Å². The van der Waals surface area contributed by atoms with Gasteiger partial charge in [0.25, 0.3) is 5.56 Å². The van der Waals surface area contributed by atoms with Gasteiger partial charge >= 0.3 is 5.97 Å². The van der Waals surface area contributed by atoms with E-state index in [1.54, 1.807) is 6.07 Å². The minimum absolute atomic E-state index is 0.0405. The topological polar surface area (TPSA) is 101 Å². The second-order valence-corrected chi connectivity index (χ2v) is 5.61. The number of anilines is 1. The fourth-order valence-corrected chi connectivity index (χ4v) is 2.45. The number of carbonyl (C=O) groups is 2. The summed E-state index contributed by atoms with van der Waals surface area (Å²) in [5.74, 6) is -1.40. The van der Waals surface area contributed by atoms with Crippen LogP contribution in [0.15, 0.2) is 40.3 Å². The summed E-state index contributed by atoms with van der Waals surface area (Å²) >= 11 is 0.990. The van der Waals surface area contributed by atoms with Gasteiger partial charge in [-0.05, 0) is 18.2 Å². The number of amides is 1. The van der Waals surface area contributed by atoms with Crippen LogP contribution in [0.2, 0.25) is 0 Å². The average Bonchev–Trinajstić information content (AvgIpc) is 2.52. The molecule has 0 aliphatic heterocycles. The number of esters is 1. The number of hydrogen-bond acceptors (Lipinski definition) is 6. The fraction of sp³-hybridized carbons (Fsp3) is 0.200. The number of aromatic amines is 1. The molecule has 0 spiro atoms. The first-order chi connectivity index (χ1) is 11.5. The van der Waals surface area contributed by atoms with Crippen LogP contribution in [0.25, 0.3) is 0 Å². The van der Waals surface area contributed by atoms with E-state index in [2.05, 4.69) is 20.0 Å². The van der Waals surface area contributed by atoms with Crippen LogP contribution in [0.4, 0.5) is 10.1 Å². The Morgan fingerprint density at radius 3 is 2.88 bits per heavy atom. The smallest absolute Gasteiger partial charge is 0.311 e. The van der Waals surface area contributed by atoms with Gasteiger partial charge in [0.2, 0.25) is 5.91 Å². The van der Waals surface area contributed by atoms with Gasteiger partial charge in [0, 0.05) is 11.8 Å². The maximum absolute atomic E-state index is 13.0. The number of methoxy groups -OCH3 is 1. The van der Waals surface area contributed by atoms with E-state index in [1.165, 1.54) is 31.4 Å². The number of aromatic nitrogens is 2. The van der Waals surface area contributed by atoms with Crippen molar-refractivity contribution >= 4 is 29.3 Å². The third-order valence-corrected chi connectivity index (χ3v) is 3.65. The van der Waals surface area contributed by atoms with Crippen LogP contribution >= 0.6 is 11.8 Å². The maximum atomic E-state index is 13.0. The standard InChI is InChI=1S/C15H14FN3O4S/c1-23-14(22)7-11-6-12(20)19-15(18-11)24-8-13(21)17-10-4-2-3-9(16)5-10/h2-6H,7-8H2,1H3,(H,17,21)(H,18,19,20). The molecule has 0 radical (unpaired) electrons. The first-order valence-corrected chi connectivity index (χ1v) is 7.80. The third kappa shape index (κ3) is 5.51. The molecule has 1 amide bonds. The molecule has 0 aliphatic carbocycles. The summed E-state index contributed by atoms with van der Waals surface area (Å²) in [4.78, 5) is 41.2. The zero-order chi connectivity index (χ0) is 17.5. The van der Waals surface area contributed by atoms with E-state index in [-0.39, 0.29) is 28.9 Å². The van der Waals surface area contributed by atoms with Gasteiger partial charge in [-0.25, -0.2) is 9.37 Å². The number of rotatable bonds is 6. The Labute approximate surface area is 140 Å². The number of thioether (sulfide) groups is 1. The normalized spacial score (nSPS) is 10.2. The minimum atomic E-state index is -0.520. The molecule has 0 saturated heterocycles. The highest BCUT2D eigenvalue weighted by Crippen LogP contribution is 2.14. The summed E-state index contributed by atoms with van der Waals surface area (Å²) < 4.78 is 17.6. The Balaban J connectivity index is 1.97. The molecule has 0 aliphatic rings. The number of halogens is 1. The molecule has 0 saturated carbocycles. The van der Waals surface area contributed by atoms with E-state index >= 15 is 0 Å². The van der Waals surface area contributed by atoms with Gasteiger partial charge < -0.3 is 15.0 Å². The number of nitrogens with zero attached hydrogens (tertiary/aromatic N) is 1. The molecule has 0 atom stereocenters. The van der Waals surface area contributed by atoms with Crippen LogP contribution in [0.1, 0.15) is 5.69 Å². The lowest BCUT2D eigenvalue weighted by Gasteiger charge is -2.06. The second-order valence-electron chi connectivity index (χ2n) is 4.64. The van der Waals surface area contributed by atoms with Crippen molar-refractivity contribution in [3.63, 3.8) is 0 Å². The van der Waals surface area contributed by atoms with Crippen molar-refractivity contribution in [3.8, 4) is 0 Å². The van der Waals surface area contributed by atoms with Gasteiger partial charge in [-0.2, -0.15) is 0 Å². The number of H-pyrrole nitrogens is 1. The van der Waals surface area contributed by atoms with Crippen LogP contribution < -0.4 is 10.9 Å². The van der Waals surface area contributed by atoms with E-state index in [1.807, 2.05) is 0 Å². The van der Waals surface area contributed by atoms with Crippen LogP contribution in [-0.4, -0.2) is 34.7 Å². The molecular formula is C15H14FN3O4S.